The van der Waals surface area contributed by atoms with Crippen LogP contribution in [0.5, 0.6) is 0 Å². The van der Waals surface area contributed by atoms with Crippen LogP contribution in [0.2, 0.25) is 5.02 Å². The maximum atomic E-state index is 13.3. The van der Waals surface area contributed by atoms with Gasteiger partial charge in [-0.1, -0.05) is 97.0 Å². The number of halogens is 2. The minimum Gasteiger partial charge on any atom is -0.298 e. The SMILES string of the molecule is C=C(CN(C)Cc1ccccc1)C(=O)/C(=C/c1ccccc1Cl)c1ccccc1.Cl. The van der Waals surface area contributed by atoms with E-state index in [1.807, 2.05) is 85.9 Å². The minimum atomic E-state index is -0.0731. The fourth-order valence-electron chi connectivity index (χ4n) is 3.18. The molecule has 0 bridgehead atoms. The van der Waals surface area contributed by atoms with Crippen LogP contribution < -0.4 is 0 Å². The van der Waals surface area contributed by atoms with Crippen molar-refractivity contribution in [1.82, 2.24) is 4.90 Å². The van der Waals surface area contributed by atoms with Crippen molar-refractivity contribution in [2.75, 3.05) is 13.6 Å². The molecule has 0 heterocycles. The van der Waals surface area contributed by atoms with E-state index in [0.29, 0.717) is 22.7 Å². The summed E-state index contributed by atoms with van der Waals surface area (Å²) in [6.45, 7) is 5.32. The maximum absolute atomic E-state index is 13.3. The molecule has 0 aliphatic carbocycles. The zero-order chi connectivity index (χ0) is 20.6. The summed E-state index contributed by atoms with van der Waals surface area (Å²) >= 11 is 6.33. The summed E-state index contributed by atoms with van der Waals surface area (Å²) in [7, 11) is 1.99. The van der Waals surface area contributed by atoms with E-state index in [0.717, 1.165) is 17.7 Å². The molecule has 0 saturated carbocycles. The quantitative estimate of drug-likeness (QED) is 0.293. The average Bonchev–Trinajstić information content (AvgIpc) is 2.74. The van der Waals surface area contributed by atoms with Crippen molar-refractivity contribution in [3.63, 3.8) is 0 Å². The lowest BCUT2D eigenvalue weighted by atomic mass is 9.95. The molecule has 154 valence electrons. The Bertz CT molecular complexity index is 1010. The average molecular weight is 438 g/mol. The number of ketones is 1. The van der Waals surface area contributed by atoms with Crippen LogP contribution in [0.1, 0.15) is 16.7 Å². The predicted molar refractivity (Wildman–Crippen MR) is 130 cm³/mol. The molecule has 0 amide bonds. The van der Waals surface area contributed by atoms with E-state index in [4.69, 9.17) is 11.6 Å². The maximum Gasteiger partial charge on any atom is 0.190 e. The highest BCUT2D eigenvalue weighted by Crippen LogP contribution is 2.25. The van der Waals surface area contributed by atoms with Crippen molar-refractivity contribution < 1.29 is 4.79 Å². The summed E-state index contributed by atoms with van der Waals surface area (Å²) in [4.78, 5) is 15.4. The number of Topliss-reactive ketones (excluding diaryl/α,β-unsaturated/α-hetero) is 1. The van der Waals surface area contributed by atoms with Gasteiger partial charge in [0.05, 0.1) is 0 Å². The molecule has 3 aromatic carbocycles. The van der Waals surface area contributed by atoms with Gasteiger partial charge in [-0.2, -0.15) is 0 Å². The first-order chi connectivity index (χ1) is 14.0. The zero-order valence-corrected chi connectivity index (χ0v) is 18.5. The lowest BCUT2D eigenvalue weighted by molar-refractivity contribution is -0.110. The molecule has 3 aromatic rings. The summed E-state index contributed by atoms with van der Waals surface area (Å²) in [5.74, 6) is -0.0731. The van der Waals surface area contributed by atoms with Gasteiger partial charge in [-0.05, 0) is 35.9 Å². The first-order valence-corrected chi connectivity index (χ1v) is 9.89. The Hall–Kier alpha value is -2.65. The van der Waals surface area contributed by atoms with Gasteiger partial charge in [0, 0.05) is 29.3 Å². The Kier molecular flexibility index (Phi) is 9.07. The van der Waals surface area contributed by atoms with Gasteiger partial charge in [0.2, 0.25) is 0 Å². The van der Waals surface area contributed by atoms with Crippen molar-refractivity contribution >= 4 is 41.4 Å². The minimum absolute atomic E-state index is 0. The second-order valence-corrected chi connectivity index (χ2v) is 7.44. The number of likely N-dealkylation sites (N-methyl/N-ethyl adjacent to an activating group) is 1. The van der Waals surface area contributed by atoms with E-state index in [2.05, 4.69) is 23.6 Å². The van der Waals surface area contributed by atoms with Crippen LogP contribution in [0.4, 0.5) is 0 Å². The van der Waals surface area contributed by atoms with Crippen LogP contribution in [0, 0.1) is 0 Å². The van der Waals surface area contributed by atoms with E-state index in [-0.39, 0.29) is 18.2 Å². The third kappa shape index (κ3) is 6.43. The highest BCUT2D eigenvalue weighted by molar-refractivity contribution is 6.35. The van der Waals surface area contributed by atoms with E-state index in [1.165, 1.54) is 5.56 Å². The molecule has 0 unspecified atom stereocenters. The Labute approximate surface area is 189 Å². The van der Waals surface area contributed by atoms with Crippen molar-refractivity contribution in [3.8, 4) is 0 Å². The van der Waals surface area contributed by atoms with Crippen molar-refractivity contribution in [2.45, 2.75) is 6.54 Å². The number of benzene rings is 3. The van der Waals surface area contributed by atoms with Crippen LogP contribution in [-0.4, -0.2) is 24.3 Å². The van der Waals surface area contributed by atoms with Crippen molar-refractivity contribution in [1.29, 1.82) is 0 Å². The fraction of sp³-hybridized carbons (Fsp3) is 0.115. The molecule has 0 saturated heterocycles. The van der Waals surface area contributed by atoms with Crippen molar-refractivity contribution in [2.24, 2.45) is 0 Å². The summed E-state index contributed by atoms with van der Waals surface area (Å²) in [6.07, 6.45) is 1.85. The largest absolute Gasteiger partial charge is 0.298 e. The zero-order valence-electron chi connectivity index (χ0n) is 16.9. The molecule has 30 heavy (non-hydrogen) atoms. The van der Waals surface area contributed by atoms with Gasteiger partial charge in [0.15, 0.2) is 5.78 Å². The normalized spacial score (nSPS) is 11.1. The van der Waals surface area contributed by atoms with Gasteiger partial charge in [0.1, 0.15) is 0 Å². The van der Waals surface area contributed by atoms with Gasteiger partial charge >= 0.3 is 0 Å². The van der Waals surface area contributed by atoms with E-state index >= 15 is 0 Å². The molecule has 0 aliphatic rings. The van der Waals surface area contributed by atoms with Gasteiger partial charge in [-0.25, -0.2) is 0 Å². The Morgan fingerprint density at radius 2 is 1.50 bits per heavy atom. The second-order valence-electron chi connectivity index (χ2n) is 7.04. The van der Waals surface area contributed by atoms with Crippen LogP contribution in [0.15, 0.2) is 97.1 Å². The van der Waals surface area contributed by atoms with Gasteiger partial charge in [-0.15, -0.1) is 12.4 Å². The molecule has 0 spiro atoms. The monoisotopic (exact) mass is 437 g/mol. The topological polar surface area (TPSA) is 20.3 Å². The molecule has 0 fully saturated rings. The number of allylic oxidation sites excluding steroid dienone is 1. The molecule has 4 heteroatoms. The van der Waals surface area contributed by atoms with E-state index in [9.17, 15) is 4.79 Å². The molecule has 0 atom stereocenters. The molecule has 2 nitrogen and oxygen atoms in total. The van der Waals surface area contributed by atoms with Gasteiger partial charge < -0.3 is 0 Å². The van der Waals surface area contributed by atoms with Crippen molar-refractivity contribution in [3.05, 3.63) is 119 Å². The summed E-state index contributed by atoms with van der Waals surface area (Å²) < 4.78 is 0. The molecule has 3 rings (SSSR count). The predicted octanol–water partition coefficient (Wildman–Crippen LogP) is 6.56. The highest BCUT2D eigenvalue weighted by atomic mass is 35.5. The number of carbonyl (C=O) groups is 1. The van der Waals surface area contributed by atoms with E-state index in [1.54, 1.807) is 0 Å². The first kappa shape index (κ1) is 23.6. The standard InChI is InChI=1S/C26H24ClNO.ClH/c1-20(18-28(2)19-21-11-5-3-6-12-21)26(29)24(22-13-7-4-8-14-22)17-23-15-9-10-16-25(23)27;/h3-17H,1,18-19H2,2H3;1H/b24-17+;. The fourth-order valence-corrected chi connectivity index (χ4v) is 3.37. The lowest BCUT2D eigenvalue weighted by Gasteiger charge is -2.18. The summed E-state index contributed by atoms with van der Waals surface area (Å²) in [6, 6.07) is 27.3. The smallest absolute Gasteiger partial charge is 0.190 e. The number of hydrogen-bond donors (Lipinski definition) is 0. The van der Waals surface area contributed by atoms with Crippen LogP contribution >= 0.6 is 24.0 Å². The van der Waals surface area contributed by atoms with E-state index < -0.39 is 0 Å². The second kappa shape index (κ2) is 11.5. The third-order valence-electron chi connectivity index (χ3n) is 4.61. The van der Waals surface area contributed by atoms with Gasteiger partial charge in [0.25, 0.3) is 0 Å². The summed E-state index contributed by atoms with van der Waals surface area (Å²) in [5.41, 5.74) is 4.00. The lowest BCUT2D eigenvalue weighted by Crippen LogP contribution is -2.23. The molecule has 0 N–H and O–H groups in total. The number of hydrogen-bond acceptors (Lipinski definition) is 2. The number of carbonyl (C=O) groups excluding carboxylic acids is 1. The number of nitrogens with zero attached hydrogens (tertiary/aromatic N) is 1. The molecule has 0 radical (unpaired) electrons. The van der Waals surface area contributed by atoms with Gasteiger partial charge in [-0.3, -0.25) is 9.69 Å². The Morgan fingerprint density at radius 3 is 2.13 bits per heavy atom. The molecule has 0 aliphatic heterocycles. The Morgan fingerprint density at radius 1 is 0.933 bits per heavy atom. The first-order valence-electron chi connectivity index (χ1n) is 9.51. The van der Waals surface area contributed by atoms with Crippen LogP contribution in [0.25, 0.3) is 11.6 Å². The molecular weight excluding hydrogens is 413 g/mol. The molecular formula is C26H25Cl2NO. The van der Waals surface area contributed by atoms with Crippen LogP contribution in [0.3, 0.4) is 0 Å². The van der Waals surface area contributed by atoms with Crippen LogP contribution in [-0.2, 0) is 11.3 Å². The molecule has 0 aromatic heterocycles. The Balaban J connectivity index is 0.00000320. The third-order valence-corrected chi connectivity index (χ3v) is 4.96. The highest BCUT2D eigenvalue weighted by Gasteiger charge is 2.17. The number of rotatable bonds is 8. The summed E-state index contributed by atoms with van der Waals surface area (Å²) in [5, 5.41) is 0.612.